The molecule has 1 heterocycles. The summed E-state index contributed by atoms with van der Waals surface area (Å²) in [6, 6.07) is 0. The lowest BCUT2D eigenvalue weighted by atomic mass is 10.0. The van der Waals surface area contributed by atoms with Crippen molar-refractivity contribution in [2.75, 3.05) is 32.3 Å². The number of carbonyl (C=O) groups excluding carboxylic acids is 1. The monoisotopic (exact) mass is 274 g/mol. The third-order valence-corrected chi connectivity index (χ3v) is 5.12. The Balaban J connectivity index is 2.21. The van der Waals surface area contributed by atoms with Crippen LogP contribution in [-0.2, 0) is 14.3 Å². The summed E-state index contributed by atoms with van der Waals surface area (Å²) in [5.41, 5.74) is 0.854. The van der Waals surface area contributed by atoms with Gasteiger partial charge in [-0.25, -0.2) is 0 Å². The highest BCUT2D eigenvalue weighted by atomic mass is 32.2. The largest absolute Gasteiger partial charge is 0.376 e. The lowest BCUT2D eigenvalue weighted by Crippen LogP contribution is -2.34. The molecule has 0 aromatic heterocycles. The van der Waals surface area contributed by atoms with Gasteiger partial charge in [0.25, 0.3) is 0 Å². The molecule has 1 unspecified atom stereocenters. The van der Waals surface area contributed by atoms with Gasteiger partial charge in [-0.2, -0.15) is 0 Å². The zero-order valence-corrected chi connectivity index (χ0v) is 11.9. The molecule has 1 saturated heterocycles. The Hall–Kier alpha value is 0.0300. The fourth-order valence-corrected chi connectivity index (χ4v) is 3.48. The summed E-state index contributed by atoms with van der Waals surface area (Å²) >= 11 is 3.26. The molecule has 2 fully saturated rings. The molecule has 1 aliphatic carbocycles. The fraction of sp³-hybridized carbons (Fsp3) is 0.750. The molecule has 0 aromatic rings. The molecule has 1 atom stereocenters. The van der Waals surface area contributed by atoms with Crippen LogP contribution < -0.4 is 0 Å². The van der Waals surface area contributed by atoms with Crippen LogP contribution >= 0.6 is 23.5 Å². The SMILES string of the molecule is CSC(SC)=C(C(=O)C1CC1)C1COCCO1. The smallest absolute Gasteiger partial charge is 0.166 e. The van der Waals surface area contributed by atoms with Gasteiger partial charge < -0.3 is 9.47 Å². The summed E-state index contributed by atoms with van der Waals surface area (Å²) in [6.07, 6.45) is 5.93. The van der Waals surface area contributed by atoms with Crippen molar-refractivity contribution in [1.82, 2.24) is 0 Å². The Bertz CT molecular complexity index is 312. The van der Waals surface area contributed by atoms with Crippen LogP contribution in [0.15, 0.2) is 9.81 Å². The van der Waals surface area contributed by atoms with Crippen LogP contribution in [0.3, 0.4) is 0 Å². The molecule has 0 amide bonds. The third-order valence-electron chi connectivity index (χ3n) is 2.94. The van der Waals surface area contributed by atoms with Gasteiger partial charge in [0.15, 0.2) is 5.78 Å². The molecular formula is C12H18O3S2. The topological polar surface area (TPSA) is 35.5 Å². The van der Waals surface area contributed by atoms with E-state index in [0.29, 0.717) is 19.8 Å². The molecule has 5 heteroatoms. The number of thioether (sulfide) groups is 2. The molecule has 2 rings (SSSR count). The molecule has 2 aliphatic rings. The van der Waals surface area contributed by atoms with Crippen LogP contribution in [0.4, 0.5) is 0 Å². The lowest BCUT2D eigenvalue weighted by Gasteiger charge is -2.26. The molecular weight excluding hydrogens is 256 g/mol. The van der Waals surface area contributed by atoms with Gasteiger partial charge >= 0.3 is 0 Å². The quantitative estimate of drug-likeness (QED) is 0.719. The maximum atomic E-state index is 12.3. The number of hydrogen-bond acceptors (Lipinski definition) is 5. The molecule has 17 heavy (non-hydrogen) atoms. The number of Topliss-reactive ketones (excluding diaryl/α,β-unsaturated/α-hetero) is 1. The van der Waals surface area contributed by atoms with Crippen molar-refractivity contribution in [2.45, 2.75) is 18.9 Å². The van der Waals surface area contributed by atoms with E-state index < -0.39 is 0 Å². The van der Waals surface area contributed by atoms with E-state index in [1.807, 2.05) is 12.5 Å². The van der Waals surface area contributed by atoms with E-state index in [0.717, 1.165) is 22.7 Å². The van der Waals surface area contributed by atoms with Gasteiger partial charge in [0.1, 0.15) is 6.10 Å². The first kappa shape index (κ1) is 13.5. The van der Waals surface area contributed by atoms with Crippen molar-refractivity contribution in [3.05, 3.63) is 9.81 Å². The Morgan fingerprint density at radius 2 is 1.88 bits per heavy atom. The van der Waals surface area contributed by atoms with Crippen LogP contribution in [0.5, 0.6) is 0 Å². The fourth-order valence-electron chi connectivity index (χ4n) is 1.91. The Kier molecular flexibility index (Phi) is 4.97. The second-order valence-corrected chi connectivity index (χ2v) is 6.07. The van der Waals surface area contributed by atoms with Crippen molar-refractivity contribution in [3.63, 3.8) is 0 Å². The Morgan fingerprint density at radius 3 is 2.35 bits per heavy atom. The second kappa shape index (κ2) is 6.27. The summed E-state index contributed by atoms with van der Waals surface area (Å²) in [5, 5.41) is 0. The van der Waals surface area contributed by atoms with Gasteiger partial charge in [-0.15, -0.1) is 23.5 Å². The van der Waals surface area contributed by atoms with Crippen molar-refractivity contribution < 1.29 is 14.3 Å². The summed E-state index contributed by atoms with van der Waals surface area (Å²) in [5.74, 6) is 0.518. The average molecular weight is 274 g/mol. The number of carbonyl (C=O) groups is 1. The minimum atomic E-state index is -0.160. The van der Waals surface area contributed by atoms with E-state index in [1.54, 1.807) is 23.5 Å². The van der Waals surface area contributed by atoms with Crippen LogP contribution in [0.25, 0.3) is 0 Å². The van der Waals surface area contributed by atoms with Crippen molar-refractivity contribution in [1.29, 1.82) is 0 Å². The molecule has 0 radical (unpaired) electrons. The van der Waals surface area contributed by atoms with Crippen molar-refractivity contribution >= 4 is 29.3 Å². The number of ketones is 1. The molecule has 1 saturated carbocycles. The van der Waals surface area contributed by atoms with Gasteiger partial charge in [-0.05, 0) is 25.4 Å². The summed E-state index contributed by atoms with van der Waals surface area (Å²) in [7, 11) is 0. The summed E-state index contributed by atoms with van der Waals surface area (Å²) in [4.78, 5) is 12.3. The van der Waals surface area contributed by atoms with E-state index in [-0.39, 0.29) is 17.8 Å². The molecule has 3 nitrogen and oxygen atoms in total. The highest BCUT2D eigenvalue weighted by Gasteiger charge is 2.37. The maximum absolute atomic E-state index is 12.3. The summed E-state index contributed by atoms with van der Waals surface area (Å²) < 4.78 is 12.2. The number of rotatable bonds is 5. The molecule has 96 valence electrons. The highest BCUT2D eigenvalue weighted by molar-refractivity contribution is 8.21. The van der Waals surface area contributed by atoms with Crippen LogP contribution in [0.1, 0.15) is 12.8 Å². The summed E-state index contributed by atoms with van der Waals surface area (Å²) in [6.45, 7) is 1.73. The first-order valence-electron chi connectivity index (χ1n) is 5.83. The van der Waals surface area contributed by atoms with Crippen LogP contribution in [0, 0.1) is 5.92 Å². The number of ether oxygens (including phenoxy) is 2. The van der Waals surface area contributed by atoms with E-state index >= 15 is 0 Å². The lowest BCUT2D eigenvalue weighted by molar-refractivity contribution is -0.121. The van der Waals surface area contributed by atoms with Gasteiger partial charge in [0, 0.05) is 15.7 Å². The van der Waals surface area contributed by atoms with Gasteiger partial charge in [-0.3, -0.25) is 4.79 Å². The second-order valence-electron chi connectivity index (χ2n) is 4.18. The molecule has 0 aromatic carbocycles. The average Bonchev–Trinajstić information content (AvgIpc) is 3.20. The van der Waals surface area contributed by atoms with E-state index in [1.165, 1.54) is 0 Å². The van der Waals surface area contributed by atoms with Gasteiger partial charge in [0.2, 0.25) is 0 Å². The predicted molar refractivity (Wildman–Crippen MR) is 72.3 cm³/mol. The highest BCUT2D eigenvalue weighted by Crippen LogP contribution is 2.39. The van der Waals surface area contributed by atoms with Crippen LogP contribution in [0.2, 0.25) is 0 Å². The molecule has 0 bridgehead atoms. The van der Waals surface area contributed by atoms with Crippen molar-refractivity contribution in [3.8, 4) is 0 Å². The van der Waals surface area contributed by atoms with Crippen molar-refractivity contribution in [2.24, 2.45) is 5.92 Å². The van der Waals surface area contributed by atoms with E-state index in [2.05, 4.69) is 0 Å². The third kappa shape index (κ3) is 3.28. The van der Waals surface area contributed by atoms with Gasteiger partial charge in [0.05, 0.1) is 19.8 Å². The molecule has 0 spiro atoms. The first-order chi connectivity index (χ1) is 8.27. The minimum Gasteiger partial charge on any atom is -0.376 e. The molecule has 1 aliphatic heterocycles. The minimum absolute atomic E-state index is 0.160. The standard InChI is InChI=1S/C12H18O3S2/c1-16-12(17-2)10(11(13)8-3-4-8)9-7-14-5-6-15-9/h8-9H,3-7H2,1-2H3. The van der Waals surface area contributed by atoms with E-state index in [4.69, 9.17) is 9.47 Å². The predicted octanol–water partition coefficient (Wildman–Crippen LogP) is 2.32. The Morgan fingerprint density at radius 1 is 1.18 bits per heavy atom. The molecule has 0 N–H and O–H groups in total. The zero-order valence-electron chi connectivity index (χ0n) is 10.2. The van der Waals surface area contributed by atoms with E-state index in [9.17, 15) is 4.79 Å². The maximum Gasteiger partial charge on any atom is 0.166 e. The number of hydrogen-bond donors (Lipinski definition) is 0. The van der Waals surface area contributed by atoms with Gasteiger partial charge in [-0.1, -0.05) is 0 Å². The van der Waals surface area contributed by atoms with Crippen LogP contribution in [-0.4, -0.2) is 44.2 Å². The zero-order chi connectivity index (χ0) is 12.3. The first-order valence-corrected chi connectivity index (χ1v) is 8.28. The normalized spacial score (nSPS) is 24.5. The Labute approximate surface area is 111 Å².